The smallest absolute Gasteiger partial charge is 0.210 e. The third kappa shape index (κ3) is 3.86. The molecule has 0 aliphatic rings. The van der Waals surface area contributed by atoms with Crippen molar-refractivity contribution in [2.24, 2.45) is 0 Å². The summed E-state index contributed by atoms with van der Waals surface area (Å²) in [7, 11) is 0. The van der Waals surface area contributed by atoms with Gasteiger partial charge in [0.2, 0.25) is 5.13 Å². The molecule has 0 unspecified atom stereocenters. The van der Waals surface area contributed by atoms with Gasteiger partial charge in [-0.05, 0) is 49.7 Å². The molecule has 0 aliphatic heterocycles. The molecule has 4 rings (SSSR count). The molecule has 0 aliphatic carbocycles. The van der Waals surface area contributed by atoms with Crippen molar-refractivity contribution in [3.05, 3.63) is 70.7 Å². The third-order valence-corrected chi connectivity index (χ3v) is 5.93. The van der Waals surface area contributed by atoms with Crippen LogP contribution in [-0.4, -0.2) is 15.2 Å². The number of nitrogens with one attached hydrogen (secondary N) is 1. The lowest BCUT2D eigenvalue weighted by Crippen LogP contribution is -1.89. The van der Waals surface area contributed by atoms with E-state index < -0.39 is 0 Å². The lowest BCUT2D eigenvalue weighted by atomic mass is 10.1. The number of rotatable bonds is 5. The molecular weight excluding hydrogens is 360 g/mol. The van der Waals surface area contributed by atoms with Gasteiger partial charge in [0, 0.05) is 11.1 Å². The number of aromatic nitrogens is 3. The zero-order chi connectivity index (χ0) is 17.9. The van der Waals surface area contributed by atoms with E-state index >= 15 is 0 Å². The van der Waals surface area contributed by atoms with E-state index in [-0.39, 0.29) is 0 Å². The average molecular weight is 379 g/mol. The molecule has 130 valence electrons. The van der Waals surface area contributed by atoms with E-state index in [1.807, 2.05) is 30.3 Å². The highest BCUT2D eigenvalue weighted by Gasteiger charge is 2.08. The molecule has 4 aromatic rings. The van der Waals surface area contributed by atoms with Crippen molar-refractivity contribution in [1.29, 1.82) is 0 Å². The van der Waals surface area contributed by atoms with Crippen molar-refractivity contribution in [2.45, 2.75) is 24.6 Å². The van der Waals surface area contributed by atoms with Crippen LogP contribution in [0.2, 0.25) is 0 Å². The zero-order valence-electron chi connectivity index (χ0n) is 14.6. The third-order valence-electron chi connectivity index (χ3n) is 3.98. The Balaban J connectivity index is 1.46. The van der Waals surface area contributed by atoms with Crippen LogP contribution in [0.4, 0.5) is 10.8 Å². The maximum atomic E-state index is 4.77. The Labute approximate surface area is 160 Å². The molecule has 2 aromatic carbocycles. The number of anilines is 2. The Morgan fingerprint density at radius 1 is 1.00 bits per heavy atom. The number of benzene rings is 2. The fourth-order valence-corrected chi connectivity index (χ4v) is 4.41. The summed E-state index contributed by atoms with van der Waals surface area (Å²) >= 11 is 3.27. The minimum atomic E-state index is 0.762. The van der Waals surface area contributed by atoms with Crippen LogP contribution in [0.3, 0.4) is 0 Å². The Kier molecular flexibility index (Phi) is 4.86. The van der Waals surface area contributed by atoms with Crippen LogP contribution in [-0.2, 0) is 5.75 Å². The number of thioether (sulfide) groups is 1. The summed E-state index contributed by atoms with van der Waals surface area (Å²) in [6.07, 6.45) is 0. The van der Waals surface area contributed by atoms with Crippen LogP contribution in [0.1, 0.15) is 16.1 Å². The van der Waals surface area contributed by atoms with Crippen molar-refractivity contribution in [2.75, 3.05) is 5.32 Å². The first-order chi connectivity index (χ1) is 12.7. The topological polar surface area (TPSA) is 50.7 Å². The summed E-state index contributed by atoms with van der Waals surface area (Å²) in [5.41, 5.74) is 4.58. The Morgan fingerprint density at radius 3 is 2.69 bits per heavy atom. The fraction of sp³-hybridized carbons (Fsp3) is 0.150. The van der Waals surface area contributed by atoms with Crippen molar-refractivity contribution in [1.82, 2.24) is 15.2 Å². The van der Waals surface area contributed by atoms with Gasteiger partial charge in [0.25, 0.3) is 0 Å². The minimum absolute atomic E-state index is 0.762. The lowest BCUT2D eigenvalue weighted by Gasteiger charge is -2.06. The molecule has 0 fully saturated rings. The standard InChI is InChI=1S/C20H18N4S2/c1-13-8-9-17-16(10-13)14(2)11-18(22-17)25-12-19-23-24-20(26-19)21-15-6-4-3-5-7-15/h3-11H,12H2,1-2H3,(H,21,24). The Hall–Kier alpha value is -2.44. The van der Waals surface area contributed by atoms with Crippen molar-refractivity contribution >= 4 is 44.8 Å². The number of aryl methyl sites for hydroxylation is 2. The summed E-state index contributed by atoms with van der Waals surface area (Å²) in [5, 5.41) is 15.8. The minimum Gasteiger partial charge on any atom is -0.330 e. The highest BCUT2D eigenvalue weighted by atomic mass is 32.2. The van der Waals surface area contributed by atoms with Gasteiger partial charge < -0.3 is 5.32 Å². The van der Waals surface area contributed by atoms with E-state index in [1.54, 1.807) is 23.1 Å². The van der Waals surface area contributed by atoms with E-state index in [1.165, 1.54) is 16.5 Å². The average Bonchev–Trinajstić information content (AvgIpc) is 3.09. The number of hydrogen-bond acceptors (Lipinski definition) is 6. The summed E-state index contributed by atoms with van der Waals surface area (Å²) in [4.78, 5) is 4.77. The Morgan fingerprint density at radius 2 is 1.85 bits per heavy atom. The number of para-hydroxylation sites is 1. The maximum Gasteiger partial charge on any atom is 0.210 e. The highest BCUT2D eigenvalue weighted by molar-refractivity contribution is 7.98. The van der Waals surface area contributed by atoms with Crippen molar-refractivity contribution in [3.63, 3.8) is 0 Å². The molecule has 2 aromatic heterocycles. The van der Waals surface area contributed by atoms with Gasteiger partial charge >= 0.3 is 0 Å². The van der Waals surface area contributed by atoms with Gasteiger partial charge in [-0.1, -0.05) is 52.9 Å². The van der Waals surface area contributed by atoms with E-state index in [0.29, 0.717) is 0 Å². The number of pyridine rings is 1. The van der Waals surface area contributed by atoms with Crippen LogP contribution in [0.15, 0.2) is 59.6 Å². The molecule has 0 atom stereocenters. The maximum absolute atomic E-state index is 4.77. The molecule has 26 heavy (non-hydrogen) atoms. The van der Waals surface area contributed by atoms with Gasteiger partial charge in [-0.25, -0.2) is 4.98 Å². The fourth-order valence-electron chi connectivity index (χ4n) is 2.69. The molecule has 0 saturated carbocycles. The summed E-state index contributed by atoms with van der Waals surface area (Å²) in [5.74, 6) is 0.762. The van der Waals surface area contributed by atoms with Crippen LogP contribution < -0.4 is 5.32 Å². The van der Waals surface area contributed by atoms with Gasteiger partial charge in [0.05, 0.1) is 16.3 Å². The first-order valence-electron chi connectivity index (χ1n) is 8.33. The molecule has 0 spiro atoms. The van der Waals surface area contributed by atoms with Gasteiger partial charge in [-0.2, -0.15) is 0 Å². The lowest BCUT2D eigenvalue weighted by molar-refractivity contribution is 1.04. The molecule has 0 amide bonds. The van der Waals surface area contributed by atoms with Crippen LogP contribution >= 0.6 is 23.1 Å². The summed E-state index contributed by atoms with van der Waals surface area (Å²) < 4.78 is 0. The van der Waals surface area contributed by atoms with Gasteiger partial charge in [0.15, 0.2) is 0 Å². The van der Waals surface area contributed by atoms with E-state index in [4.69, 9.17) is 4.98 Å². The number of hydrogen-bond donors (Lipinski definition) is 1. The molecular formula is C20H18N4S2. The number of fused-ring (bicyclic) bond motifs is 1. The SMILES string of the molecule is Cc1ccc2nc(SCc3nnc(Nc4ccccc4)s3)cc(C)c2c1. The van der Waals surface area contributed by atoms with Crippen molar-refractivity contribution in [3.8, 4) is 0 Å². The predicted molar refractivity (Wildman–Crippen MR) is 110 cm³/mol. The Bertz CT molecular complexity index is 1040. The molecule has 6 heteroatoms. The van der Waals surface area contributed by atoms with Crippen molar-refractivity contribution < 1.29 is 0 Å². The van der Waals surface area contributed by atoms with Crippen LogP contribution in [0.5, 0.6) is 0 Å². The molecule has 0 saturated heterocycles. The first-order valence-corrected chi connectivity index (χ1v) is 10.1. The quantitative estimate of drug-likeness (QED) is 0.449. The monoisotopic (exact) mass is 378 g/mol. The van der Waals surface area contributed by atoms with E-state index in [2.05, 4.69) is 53.6 Å². The summed E-state index contributed by atoms with van der Waals surface area (Å²) in [6, 6.07) is 18.6. The second-order valence-corrected chi connectivity index (χ2v) is 8.14. The van der Waals surface area contributed by atoms with Crippen LogP contribution in [0.25, 0.3) is 10.9 Å². The van der Waals surface area contributed by atoms with E-state index in [9.17, 15) is 0 Å². The zero-order valence-corrected chi connectivity index (χ0v) is 16.2. The highest BCUT2D eigenvalue weighted by Crippen LogP contribution is 2.29. The molecule has 0 bridgehead atoms. The molecule has 2 heterocycles. The second kappa shape index (κ2) is 7.43. The molecule has 1 N–H and O–H groups in total. The van der Waals surface area contributed by atoms with E-state index in [0.717, 1.165) is 32.1 Å². The number of nitrogens with zero attached hydrogens (tertiary/aromatic N) is 3. The van der Waals surface area contributed by atoms with Gasteiger partial charge in [0.1, 0.15) is 5.01 Å². The molecule has 4 nitrogen and oxygen atoms in total. The molecule has 0 radical (unpaired) electrons. The summed E-state index contributed by atoms with van der Waals surface area (Å²) in [6.45, 7) is 4.25. The van der Waals surface area contributed by atoms with Gasteiger partial charge in [-0.15, -0.1) is 10.2 Å². The normalized spacial score (nSPS) is 11.0. The first kappa shape index (κ1) is 17.0. The second-order valence-electron chi connectivity index (χ2n) is 6.08. The predicted octanol–water partition coefficient (Wildman–Crippen LogP) is 5.74. The van der Waals surface area contributed by atoms with Gasteiger partial charge in [-0.3, -0.25) is 0 Å². The largest absolute Gasteiger partial charge is 0.330 e. The van der Waals surface area contributed by atoms with Crippen LogP contribution in [0, 0.1) is 13.8 Å².